The van der Waals surface area contributed by atoms with Crippen molar-refractivity contribution in [1.29, 1.82) is 0 Å². The maximum Gasteiger partial charge on any atom is 0.306 e. The largest absolute Gasteiger partial charge is 0.508 e. The number of nitrogens with zero attached hydrogens (tertiary/aromatic N) is 1. The summed E-state index contributed by atoms with van der Waals surface area (Å²) >= 11 is 0. The van der Waals surface area contributed by atoms with Crippen LogP contribution in [0.25, 0.3) is 0 Å². The van der Waals surface area contributed by atoms with Crippen LogP contribution >= 0.6 is 0 Å². The molecule has 0 bridgehead atoms. The van der Waals surface area contributed by atoms with Crippen LogP contribution in [0, 0.1) is 0 Å². The van der Waals surface area contributed by atoms with E-state index < -0.39 is 0 Å². The highest BCUT2D eigenvalue weighted by molar-refractivity contribution is 5.81. The van der Waals surface area contributed by atoms with Crippen LogP contribution in [0.15, 0.2) is 24.3 Å². The molecule has 21 heavy (non-hydrogen) atoms. The molecule has 0 fully saturated rings. The van der Waals surface area contributed by atoms with Gasteiger partial charge in [0.25, 0.3) is 0 Å². The number of carbonyl (C=O) groups is 2. The van der Waals surface area contributed by atoms with Gasteiger partial charge in [0.15, 0.2) is 0 Å². The number of phenolic OH excluding ortho intramolecular Hbond substituents is 1. The summed E-state index contributed by atoms with van der Waals surface area (Å²) in [7, 11) is 0. The first-order chi connectivity index (χ1) is 9.99. The Kier molecular flexibility index (Phi) is 6.72. The van der Waals surface area contributed by atoms with Gasteiger partial charge in [0.2, 0.25) is 5.91 Å². The molecule has 1 amide bonds. The highest BCUT2D eigenvalue weighted by atomic mass is 16.5. The first-order valence-corrected chi connectivity index (χ1v) is 7.23. The molecule has 1 aromatic carbocycles. The number of phenols is 1. The van der Waals surface area contributed by atoms with Crippen molar-refractivity contribution in [1.82, 2.24) is 4.90 Å². The van der Waals surface area contributed by atoms with Crippen molar-refractivity contribution in [2.45, 2.75) is 39.7 Å². The van der Waals surface area contributed by atoms with Crippen LogP contribution in [0.5, 0.6) is 5.75 Å². The highest BCUT2D eigenvalue weighted by Gasteiger charge is 2.20. The lowest BCUT2D eigenvalue weighted by Crippen LogP contribution is -2.33. The fraction of sp³-hybridized carbons (Fsp3) is 0.500. The van der Waals surface area contributed by atoms with Crippen molar-refractivity contribution < 1.29 is 19.4 Å². The number of hydrogen-bond acceptors (Lipinski definition) is 4. The Hall–Kier alpha value is -2.04. The van der Waals surface area contributed by atoms with E-state index in [0.29, 0.717) is 13.2 Å². The predicted molar refractivity (Wildman–Crippen MR) is 79.8 cm³/mol. The second-order valence-electron chi connectivity index (χ2n) is 4.76. The molecule has 0 radical (unpaired) electrons. The Morgan fingerprint density at radius 1 is 1.29 bits per heavy atom. The smallest absolute Gasteiger partial charge is 0.306 e. The van der Waals surface area contributed by atoms with Crippen molar-refractivity contribution in [3.8, 4) is 5.75 Å². The van der Waals surface area contributed by atoms with Crippen LogP contribution in [0.1, 0.15) is 45.2 Å². The average molecular weight is 293 g/mol. The molecule has 0 aliphatic rings. The van der Waals surface area contributed by atoms with Crippen LogP contribution in [0.3, 0.4) is 0 Å². The number of aromatic hydroxyl groups is 1. The monoisotopic (exact) mass is 293 g/mol. The Bertz CT molecular complexity index is 487. The van der Waals surface area contributed by atoms with Gasteiger partial charge in [-0.1, -0.05) is 12.1 Å². The maximum atomic E-state index is 12.2. The summed E-state index contributed by atoms with van der Waals surface area (Å²) in [6, 6.07) is 6.70. The molecule has 116 valence electrons. The van der Waals surface area contributed by atoms with Gasteiger partial charge in [-0.05, 0) is 38.5 Å². The minimum absolute atomic E-state index is 0.0932. The summed E-state index contributed by atoms with van der Waals surface area (Å²) in [6.45, 7) is 6.40. The van der Waals surface area contributed by atoms with Gasteiger partial charge in [-0.25, -0.2) is 0 Å². The normalized spacial score (nSPS) is 11.8. The van der Waals surface area contributed by atoms with E-state index in [0.717, 1.165) is 5.56 Å². The summed E-state index contributed by atoms with van der Waals surface area (Å²) in [5, 5.41) is 9.53. The number of ether oxygens (including phenoxy) is 1. The first kappa shape index (κ1) is 17.0. The Morgan fingerprint density at radius 3 is 2.57 bits per heavy atom. The second-order valence-corrected chi connectivity index (χ2v) is 4.76. The van der Waals surface area contributed by atoms with Gasteiger partial charge in [0, 0.05) is 13.0 Å². The van der Waals surface area contributed by atoms with Gasteiger partial charge in [-0.15, -0.1) is 0 Å². The fourth-order valence-electron chi connectivity index (χ4n) is 2.22. The molecule has 0 saturated heterocycles. The molecular formula is C16H23NO4. The number of rotatable bonds is 7. The molecule has 1 unspecified atom stereocenters. The van der Waals surface area contributed by atoms with E-state index in [1.807, 2.05) is 19.9 Å². The van der Waals surface area contributed by atoms with E-state index in [2.05, 4.69) is 0 Å². The Labute approximate surface area is 125 Å². The minimum atomic E-state index is -0.355. The van der Waals surface area contributed by atoms with Crippen LogP contribution < -0.4 is 0 Å². The van der Waals surface area contributed by atoms with Crippen LogP contribution in [0.2, 0.25) is 0 Å². The third kappa shape index (κ3) is 5.10. The van der Waals surface area contributed by atoms with E-state index in [4.69, 9.17) is 4.74 Å². The molecule has 1 atom stereocenters. The third-order valence-corrected chi connectivity index (χ3v) is 3.33. The zero-order valence-electron chi connectivity index (χ0n) is 12.8. The lowest BCUT2D eigenvalue weighted by Gasteiger charge is -2.28. The molecule has 0 heterocycles. The summed E-state index contributed by atoms with van der Waals surface area (Å²) in [4.78, 5) is 25.2. The number of hydrogen-bond donors (Lipinski definition) is 1. The molecule has 1 aromatic rings. The average Bonchev–Trinajstić information content (AvgIpc) is 2.46. The minimum Gasteiger partial charge on any atom is -0.508 e. The SMILES string of the molecule is CCOC(=O)CCC(=O)N(CC)C(C)c1cccc(O)c1. The van der Waals surface area contributed by atoms with Gasteiger partial charge in [-0.2, -0.15) is 0 Å². The van der Waals surface area contributed by atoms with E-state index in [1.165, 1.54) is 0 Å². The van der Waals surface area contributed by atoms with Crippen molar-refractivity contribution in [3.05, 3.63) is 29.8 Å². The van der Waals surface area contributed by atoms with Gasteiger partial charge < -0.3 is 14.7 Å². The molecule has 0 aliphatic heterocycles. The number of esters is 1. The fourth-order valence-corrected chi connectivity index (χ4v) is 2.22. The molecule has 1 rings (SSSR count). The van der Waals surface area contributed by atoms with Gasteiger partial charge >= 0.3 is 5.97 Å². The third-order valence-electron chi connectivity index (χ3n) is 3.33. The lowest BCUT2D eigenvalue weighted by molar-refractivity contribution is -0.146. The second kappa shape index (κ2) is 8.29. The molecular weight excluding hydrogens is 270 g/mol. The number of carbonyl (C=O) groups excluding carboxylic acids is 2. The molecule has 5 nitrogen and oxygen atoms in total. The summed E-state index contributed by atoms with van der Waals surface area (Å²) < 4.78 is 4.82. The van der Waals surface area contributed by atoms with E-state index in [9.17, 15) is 14.7 Å². The highest BCUT2D eigenvalue weighted by Crippen LogP contribution is 2.24. The van der Waals surface area contributed by atoms with Gasteiger partial charge in [-0.3, -0.25) is 9.59 Å². The van der Waals surface area contributed by atoms with E-state index in [-0.39, 0.29) is 36.5 Å². The van der Waals surface area contributed by atoms with E-state index >= 15 is 0 Å². The summed E-state index contributed by atoms with van der Waals surface area (Å²) in [6.07, 6.45) is 0.228. The molecule has 0 spiro atoms. The van der Waals surface area contributed by atoms with Crippen LogP contribution in [-0.4, -0.2) is 35.0 Å². The summed E-state index contributed by atoms with van der Waals surface area (Å²) in [5.41, 5.74) is 0.862. The zero-order valence-corrected chi connectivity index (χ0v) is 12.8. The van der Waals surface area contributed by atoms with Crippen molar-refractivity contribution in [2.24, 2.45) is 0 Å². The van der Waals surface area contributed by atoms with Gasteiger partial charge in [0.1, 0.15) is 5.75 Å². The van der Waals surface area contributed by atoms with E-state index in [1.54, 1.807) is 30.0 Å². The van der Waals surface area contributed by atoms with Crippen LogP contribution in [0.4, 0.5) is 0 Å². The molecule has 1 N–H and O–H groups in total. The Morgan fingerprint density at radius 2 is 2.00 bits per heavy atom. The molecule has 5 heteroatoms. The standard InChI is InChI=1S/C16H23NO4/c1-4-17(15(19)9-10-16(20)21-5-2)12(3)13-7-6-8-14(18)11-13/h6-8,11-12,18H,4-5,9-10H2,1-3H3. The van der Waals surface area contributed by atoms with Gasteiger partial charge in [0.05, 0.1) is 19.1 Å². The Balaban J connectivity index is 2.68. The summed E-state index contributed by atoms with van der Waals surface area (Å²) in [5.74, 6) is -0.275. The quantitative estimate of drug-likeness (QED) is 0.785. The van der Waals surface area contributed by atoms with Crippen molar-refractivity contribution >= 4 is 11.9 Å². The zero-order chi connectivity index (χ0) is 15.8. The van der Waals surface area contributed by atoms with Crippen molar-refractivity contribution in [3.63, 3.8) is 0 Å². The maximum absolute atomic E-state index is 12.2. The number of amides is 1. The number of benzene rings is 1. The molecule has 0 aliphatic carbocycles. The molecule has 0 saturated carbocycles. The molecule has 0 aromatic heterocycles. The topological polar surface area (TPSA) is 66.8 Å². The lowest BCUT2D eigenvalue weighted by atomic mass is 10.1. The van der Waals surface area contributed by atoms with Crippen molar-refractivity contribution in [2.75, 3.05) is 13.2 Å². The first-order valence-electron chi connectivity index (χ1n) is 7.23. The predicted octanol–water partition coefficient (Wildman–Crippen LogP) is 2.65. The van der Waals surface area contributed by atoms with Crippen LogP contribution in [-0.2, 0) is 14.3 Å².